The number of nitrogens with one attached hydrogen (secondary N) is 1. The van der Waals surface area contributed by atoms with E-state index in [2.05, 4.69) is 12.2 Å². The van der Waals surface area contributed by atoms with E-state index < -0.39 is 6.04 Å². The minimum absolute atomic E-state index is 0.159. The monoisotopic (exact) mass is 418 g/mol. The van der Waals surface area contributed by atoms with Crippen molar-refractivity contribution in [2.24, 2.45) is 0 Å². The average Bonchev–Trinajstić information content (AvgIpc) is 2.71. The summed E-state index contributed by atoms with van der Waals surface area (Å²) in [6, 6.07) is 12.4. The van der Waals surface area contributed by atoms with Crippen LogP contribution in [0.2, 0.25) is 5.02 Å². The predicted octanol–water partition coefficient (Wildman–Crippen LogP) is 4.75. The quantitative estimate of drug-likeness (QED) is 0.566. The lowest BCUT2D eigenvalue weighted by Gasteiger charge is -2.29. The van der Waals surface area contributed by atoms with E-state index in [1.54, 1.807) is 43.3 Å². The molecule has 0 aliphatic heterocycles. The van der Waals surface area contributed by atoms with Crippen LogP contribution in [0.5, 0.6) is 0 Å². The van der Waals surface area contributed by atoms with E-state index in [1.165, 1.54) is 17.0 Å². The van der Waals surface area contributed by atoms with Gasteiger partial charge in [-0.1, -0.05) is 55.6 Å². The second-order valence-electron chi connectivity index (χ2n) is 7.13. The summed E-state index contributed by atoms with van der Waals surface area (Å²) < 4.78 is 13.2. The summed E-state index contributed by atoms with van der Waals surface area (Å²) >= 11 is 5.91. The Bertz CT molecular complexity index is 794. The van der Waals surface area contributed by atoms with Crippen molar-refractivity contribution in [1.82, 2.24) is 10.2 Å². The first-order chi connectivity index (χ1) is 13.9. The van der Waals surface area contributed by atoms with Gasteiger partial charge in [-0.3, -0.25) is 9.59 Å². The van der Waals surface area contributed by atoms with Gasteiger partial charge in [-0.25, -0.2) is 4.39 Å². The van der Waals surface area contributed by atoms with Crippen LogP contribution in [0.15, 0.2) is 48.5 Å². The molecule has 0 aliphatic rings. The van der Waals surface area contributed by atoms with Crippen molar-refractivity contribution in [2.75, 3.05) is 6.54 Å². The molecule has 0 saturated carbocycles. The Labute approximate surface area is 177 Å². The summed E-state index contributed by atoms with van der Waals surface area (Å²) in [5.41, 5.74) is 1.58. The second kappa shape index (κ2) is 11.6. The molecule has 0 fully saturated rings. The van der Waals surface area contributed by atoms with Crippen LogP contribution in [0.3, 0.4) is 0 Å². The van der Waals surface area contributed by atoms with Gasteiger partial charge < -0.3 is 10.2 Å². The first-order valence-corrected chi connectivity index (χ1v) is 10.3. The maximum atomic E-state index is 13.2. The maximum Gasteiger partial charge on any atom is 0.242 e. The van der Waals surface area contributed by atoms with Crippen LogP contribution >= 0.6 is 11.6 Å². The number of carbonyl (C=O) groups excluding carboxylic acids is 2. The summed E-state index contributed by atoms with van der Waals surface area (Å²) in [4.78, 5) is 27.2. The Morgan fingerprint density at radius 2 is 1.66 bits per heavy atom. The maximum absolute atomic E-state index is 13.2. The van der Waals surface area contributed by atoms with Gasteiger partial charge in [0.15, 0.2) is 0 Å². The summed E-state index contributed by atoms with van der Waals surface area (Å²) in [5, 5.41) is 3.51. The highest BCUT2D eigenvalue weighted by Crippen LogP contribution is 2.15. The number of amides is 2. The van der Waals surface area contributed by atoms with Crippen LogP contribution in [0.25, 0.3) is 0 Å². The number of rotatable bonds is 10. The van der Waals surface area contributed by atoms with Gasteiger partial charge in [0, 0.05) is 18.1 Å². The van der Waals surface area contributed by atoms with Crippen molar-refractivity contribution in [3.8, 4) is 0 Å². The van der Waals surface area contributed by atoms with Crippen molar-refractivity contribution < 1.29 is 14.0 Å². The third-order valence-electron chi connectivity index (χ3n) is 4.78. The standard InChI is InChI=1S/C23H28ClFN2O2/c1-3-4-5-14-26-23(29)17(2)27(16-19-8-12-21(25)13-9-19)22(28)15-18-6-10-20(24)11-7-18/h6-13,17H,3-5,14-16H2,1-2H3,(H,26,29). The Hall–Kier alpha value is -2.40. The molecule has 0 heterocycles. The lowest BCUT2D eigenvalue weighted by Crippen LogP contribution is -2.48. The van der Waals surface area contributed by atoms with Crippen molar-refractivity contribution in [1.29, 1.82) is 0 Å². The number of carbonyl (C=O) groups is 2. The first kappa shape index (κ1) is 22.9. The van der Waals surface area contributed by atoms with Gasteiger partial charge in [-0.15, -0.1) is 0 Å². The highest BCUT2D eigenvalue weighted by molar-refractivity contribution is 6.30. The van der Waals surface area contributed by atoms with Crippen molar-refractivity contribution in [3.05, 3.63) is 70.5 Å². The third kappa shape index (κ3) is 7.50. The molecule has 2 amide bonds. The molecular weight excluding hydrogens is 391 g/mol. The lowest BCUT2D eigenvalue weighted by molar-refractivity contribution is -0.140. The molecule has 2 rings (SSSR count). The molecule has 0 spiro atoms. The molecule has 0 bridgehead atoms. The SMILES string of the molecule is CCCCCNC(=O)C(C)N(Cc1ccc(F)cc1)C(=O)Cc1ccc(Cl)cc1. The normalized spacial score (nSPS) is 11.7. The van der Waals surface area contributed by atoms with Crippen molar-refractivity contribution in [2.45, 2.75) is 52.1 Å². The number of hydrogen-bond acceptors (Lipinski definition) is 2. The van der Waals surface area contributed by atoms with E-state index in [1.807, 2.05) is 0 Å². The van der Waals surface area contributed by atoms with Crippen molar-refractivity contribution in [3.63, 3.8) is 0 Å². The van der Waals surface area contributed by atoms with Gasteiger partial charge in [0.25, 0.3) is 0 Å². The predicted molar refractivity (Wildman–Crippen MR) is 114 cm³/mol. The van der Waals surface area contributed by atoms with Gasteiger partial charge in [0.2, 0.25) is 11.8 Å². The summed E-state index contributed by atoms with van der Waals surface area (Å²) in [5.74, 6) is -0.699. The topological polar surface area (TPSA) is 49.4 Å². The zero-order valence-corrected chi connectivity index (χ0v) is 17.7. The van der Waals surface area contributed by atoms with Gasteiger partial charge >= 0.3 is 0 Å². The largest absolute Gasteiger partial charge is 0.354 e. The Morgan fingerprint density at radius 3 is 2.28 bits per heavy atom. The minimum Gasteiger partial charge on any atom is -0.354 e. The third-order valence-corrected chi connectivity index (χ3v) is 5.03. The van der Waals surface area contributed by atoms with E-state index >= 15 is 0 Å². The number of nitrogens with zero attached hydrogens (tertiary/aromatic N) is 1. The average molecular weight is 419 g/mol. The van der Waals surface area contributed by atoms with E-state index in [-0.39, 0.29) is 30.6 Å². The van der Waals surface area contributed by atoms with Crippen LogP contribution in [0.1, 0.15) is 44.2 Å². The molecule has 4 nitrogen and oxygen atoms in total. The van der Waals surface area contributed by atoms with Gasteiger partial charge in [0.1, 0.15) is 11.9 Å². The number of unbranched alkanes of at least 4 members (excludes halogenated alkanes) is 2. The van der Waals surface area contributed by atoms with Crippen molar-refractivity contribution >= 4 is 23.4 Å². The van der Waals surface area contributed by atoms with Crippen LogP contribution in [0, 0.1) is 5.82 Å². The number of hydrogen-bond donors (Lipinski definition) is 1. The molecule has 0 radical (unpaired) electrons. The molecule has 2 aromatic rings. The van der Waals surface area contributed by atoms with Crippen LogP contribution in [-0.2, 0) is 22.6 Å². The molecule has 29 heavy (non-hydrogen) atoms. The van der Waals surface area contributed by atoms with E-state index in [0.29, 0.717) is 11.6 Å². The zero-order chi connectivity index (χ0) is 21.2. The van der Waals surface area contributed by atoms with Gasteiger partial charge in [0.05, 0.1) is 6.42 Å². The van der Waals surface area contributed by atoms with Crippen LogP contribution in [-0.4, -0.2) is 29.3 Å². The van der Waals surface area contributed by atoms with Crippen LogP contribution < -0.4 is 5.32 Å². The zero-order valence-electron chi connectivity index (χ0n) is 17.0. The summed E-state index contributed by atoms with van der Waals surface area (Å²) in [6.45, 7) is 4.64. The fraction of sp³-hybridized carbons (Fsp3) is 0.391. The van der Waals surface area contributed by atoms with Gasteiger partial charge in [-0.05, 0) is 48.7 Å². The molecular formula is C23H28ClFN2O2. The molecule has 0 aliphatic carbocycles. The fourth-order valence-electron chi connectivity index (χ4n) is 2.98. The summed E-state index contributed by atoms with van der Waals surface area (Å²) in [7, 11) is 0. The lowest BCUT2D eigenvalue weighted by atomic mass is 10.1. The second-order valence-corrected chi connectivity index (χ2v) is 7.56. The number of benzene rings is 2. The highest BCUT2D eigenvalue weighted by atomic mass is 35.5. The summed E-state index contributed by atoms with van der Waals surface area (Å²) in [6.07, 6.45) is 3.18. The minimum atomic E-state index is -0.638. The van der Waals surface area contributed by atoms with Gasteiger partial charge in [-0.2, -0.15) is 0 Å². The molecule has 1 atom stereocenters. The molecule has 6 heteroatoms. The first-order valence-electron chi connectivity index (χ1n) is 9.96. The van der Waals surface area contributed by atoms with E-state index in [9.17, 15) is 14.0 Å². The van der Waals surface area contributed by atoms with Crippen LogP contribution in [0.4, 0.5) is 4.39 Å². The smallest absolute Gasteiger partial charge is 0.242 e. The Balaban J connectivity index is 2.12. The van der Waals surface area contributed by atoms with E-state index in [0.717, 1.165) is 30.4 Å². The number of halogens is 2. The molecule has 1 N–H and O–H groups in total. The fourth-order valence-corrected chi connectivity index (χ4v) is 3.11. The molecule has 2 aromatic carbocycles. The molecule has 156 valence electrons. The molecule has 0 saturated heterocycles. The Kier molecular flexibility index (Phi) is 9.13. The highest BCUT2D eigenvalue weighted by Gasteiger charge is 2.26. The van der Waals surface area contributed by atoms with E-state index in [4.69, 9.17) is 11.6 Å². The molecule has 0 aromatic heterocycles. The molecule has 1 unspecified atom stereocenters. The Morgan fingerprint density at radius 1 is 1.03 bits per heavy atom.